The third-order valence-electron chi connectivity index (χ3n) is 6.72. The van der Waals surface area contributed by atoms with E-state index in [0.29, 0.717) is 36.4 Å². The molecule has 1 aromatic carbocycles. The normalized spacial score (nSPS) is 31.9. The van der Waals surface area contributed by atoms with Gasteiger partial charge in [-0.3, -0.25) is 9.69 Å². The van der Waals surface area contributed by atoms with Crippen molar-refractivity contribution in [2.75, 3.05) is 19.6 Å². The zero-order valence-electron chi connectivity index (χ0n) is 15.5. The van der Waals surface area contributed by atoms with Crippen LogP contribution in [0.5, 0.6) is 0 Å². The summed E-state index contributed by atoms with van der Waals surface area (Å²) < 4.78 is 18.8. The molecule has 2 bridgehead atoms. The van der Waals surface area contributed by atoms with E-state index < -0.39 is 0 Å². The van der Waals surface area contributed by atoms with Crippen LogP contribution in [0, 0.1) is 11.7 Å². The van der Waals surface area contributed by atoms with E-state index in [0.717, 1.165) is 31.5 Å². The van der Waals surface area contributed by atoms with Crippen LogP contribution < -0.4 is 0 Å². The van der Waals surface area contributed by atoms with E-state index in [-0.39, 0.29) is 23.7 Å². The number of hydrogen-bond donors (Lipinski definition) is 0. The van der Waals surface area contributed by atoms with E-state index in [4.69, 9.17) is 4.42 Å². The van der Waals surface area contributed by atoms with Gasteiger partial charge in [0.25, 0.3) is 5.91 Å². The number of oxazole rings is 1. The highest BCUT2D eigenvalue weighted by molar-refractivity contribution is 5.94. The second-order valence-corrected chi connectivity index (χ2v) is 7.95. The highest BCUT2D eigenvalue weighted by Crippen LogP contribution is 2.47. The molecule has 4 aliphatic rings. The molecular formula is C21H24FN3O2. The van der Waals surface area contributed by atoms with E-state index in [2.05, 4.69) is 9.88 Å². The maximum absolute atomic E-state index is 13.4. The van der Waals surface area contributed by atoms with Gasteiger partial charge in [-0.25, -0.2) is 9.37 Å². The third kappa shape index (κ3) is 2.61. The average molecular weight is 369 g/mol. The molecule has 4 saturated heterocycles. The highest BCUT2D eigenvalue weighted by Gasteiger charge is 2.55. The molecule has 0 spiro atoms. The molecule has 27 heavy (non-hydrogen) atoms. The summed E-state index contributed by atoms with van der Waals surface area (Å²) in [7, 11) is 0. The van der Waals surface area contributed by atoms with Crippen molar-refractivity contribution in [3.63, 3.8) is 0 Å². The predicted molar refractivity (Wildman–Crippen MR) is 97.9 cm³/mol. The predicted octanol–water partition coefficient (Wildman–Crippen LogP) is 3.08. The molecule has 0 aliphatic carbocycles. The van der Waals surface area contributed by atoms with Gasteiger partial charge in [-0.05, 0) is 49.5 Å². The van der Waals surface area contributed by atoms with Gasteiger partial charge in [0, 0.05) is 24.9 Å². The summed E-state index contributed by atoms with van der Waals surface area (Å²) in [5, 5.41) is 0. The molecule has 0 unspecified atom stereocenters. The molecular weight excluding hydrogens is 345 g/mol. The number of nitrogens with zero attached hydrogens (tertiary/aromatic N) is 3. The van der Waals surface area contributed by atoms with Crippen LogP contribution in [0.1, 0.15) is 47.5 Å². The minimum Gasteiger partial charge on any atom is -0.448 e. The van der Waals surface area contributed by atoms with Gasteiger partial charge in [0.2, 0.25) is 0 Å². The number of amides is 1. The van der Waals surface area contributed by atoms with Crippen molar-refractivity contribution in [2.45, 2.75) is 44.2 Å². The fourth-order valence-corrected chi connectivity index (χ4v) is 5.49. The number of likely N-dealkylation sites (tertiary alicyclic amines) is 1. The Morgan fingerprint density at radius 1 is 1.22 bits per heavy atom. The molecule has 1 aromatic heterocycles. The highest BCUT2D eigenvalue weighted by atomic mass is 19.1. The van der Waals surface area contributed by atoms with E-state index in [1.165, 1.54) is 18.5 Å². The van der Waals surface area contributed by atoms with Gasteiger partial charge in [0.1, 0.15) is 11.6 Å². The quantitative estimate of drug-likeness (QED) is 0.834. The number of fused-ring (bicyclic) bond motifs is 2. The van der Waals surface area contributed by atoms with Crippen LogP contribution in [0.4, 0.5) is 4.39 Å². The Morgan fingerprint density at radius 2 is 1.96 bits per heavy atom. The first-order valence-electron chi connectivity index (χ1n) is 9.90. The van der Waals surface area contributed by atoms with Crippen LogP contribution in [-0.4, -0.2) is 52.4 Å². The lowest BCUT2D eigenvalue weighted by Gasteiger charge is -2.51. The number of piperidine rings is 3. The second-order valence-electron chi connectivity index (χ2n) is 7.95. The number of aromatic nitrogens is 1. The summed E-state index contributed by atoms with van der Waals surface area (Å²) in [4.78, 5) is 22.2. The number of rotatable bonds is 3. The number of benzene rings is 1. The largest absolute Gasteiger partial charge is 0.448 e. The lowest BCUT2D eigenvalue weighted by Crippen LogP contribution is -2.60. The molecule has 1 amide bonds. The molecule has 142 valence electrons. The van der Waals surface area contributed by atoms with E-state index in [1.54, 1.807) is 0 Å². The van der Waals surface area contributed by atoms with Gasteiger partial charge in [0.05, 0.1) is 6.04 Å². The van der Waals surface area contributed by atoms with E-state index in [9.17, 15) is 9.18 Å². The van der Waals surface area contributed by atoms with Crippen molar-refractivity contribution in [2.24, 2.45) is 5.92 Å². The monoisotopic (exact) mass is 369 g/mol. The Balaban J connectivity index is 1.52. The van der Waals surface area contributed by atoms with Gasteiger partial charge < -0.3 is 9.32 Å². The molecule has 0 radical (unpaired) electrons. The molecule has 6 rings (SSSR count). The number of carbonyl (C=O) groups excluding carboxylic acids is 1. The fourth-order valence-electron chi connectivity index (χ4n) is 5.49. The van der Waals surface area contributed by atoms with Crippen LogP contribution in [0.3, 0.4) is 0 Å². The fraction of sp³-hybridized carbons (Fsp3) is 0.524. The van der Waals surface area contributed by atoms with E-state index in [1.807, 2.05) is 24.0 Å². The van der Waals surface area contributed by atoms with Crippen LogP contribution >= 0.6 is 0 Å². The molecule has 2 aromatic rings. The van der Waals surface area contributed by atoms with Gasteiger partial charge in [-0.2, -0.15) is 0 Å². The SMILES string of the molecule is CCc1ocnc1C(=O)N1C[C@H](c2ccc(F)cc2)[C@H]2[C@@H]1C1CCN2CC1. The molecule has 4 aliphatic heterocycles. The third-order valence-corrected chi connectivity index (χ3v) is 6.72. The Kier molecular flexibility index (Phi) is 4.04. The van der Waals surface area contributed by atoms with Crippen molar-refractivity contribution in [1.82, 2.24) is 14.8 Å². The minimum atomic E-state index is -0.220. The van der Waals surface area contributed by atoms with Gasteiger partial charge in [-0.15, -0.1) is 0 Å². The van der Waals surface area contributed by atoms with Gasteiger partial charge in [0.15, 0.2) is 12.1 Å². The summed E-state index contributed by atoms with van der Waals surface area (Å²) in [5.41, 5.74) is 1.57. The standard InChI is InChI=1S/C21H24FN3O2/c1-2-17-18(23-12-27-17)21(26)25-11-16(13-3-5-15(22)6-4-13)20-19(25)14-7-9-24(20)10-8-14/h3-6,12,14,16,19-20H,2,7-11H2,1H3/t16-,19+,20+/m1/s1. The Hall–Kier alpha value is -2.21. The minimum absolute atomic E-state index is 0.0195. The average Bonchev–Trinajstić information content (AvgIpc) is 3.35. The van der Waals surface area contributed by atoms with E-state index >= 15 is 0 Å². The maximum Gasteiger partial charge on any atom is 0.276 e. The first kappa shape index (κ1) is 16.9. The zero-order valence-corrected chi connectivity index (χ0v) is 15.5. The summed E-state index contributed by atoms with van der Waals surface area (Å²) >= 11 is 0. The summed E-state index contributed by atoms with van der Waals surface area (Å²) in [6, 6.07) is 7.32. The molecule has 6 heteroatoms. The molecule has 5 nitrogen and oxygen atoms in total. The summed E-state index contributed by atoms with van der Waals surface area (Å²) in [6.45, 7) is 4.81. The van der Waals surface area contributed by atoms with Crippen LogP contribution in [-0.2, 0) is 6.42 Å². The van der Waals surface area contributed by atoms with Crippen LogP contribution in [0.2, 0.25) is 0 Å². The lowest BCUT2D eigenvalue weighted by molar-refractivity contribution is -0.00362. The molecule has 5 heterocycles. The van der Waals surface area contributed by atoms with Crippen molar-refractivity contribution in [3.8, 4) is 0 Å². The Bertz CT molecular complexity index is 841. The van der Waals surface area contributed by atoms with Crippen molar-refractivity contribution in [3.05, 3.63) is 53.5 Å². The van der Waals surface area contributed by atoms with Crippen LogP contribution in [0.25, 0.3) is 0 Å². The number of hydrogen-bond acceptors (Lipinski definition) is 4. The molecule has 3 atom stereocenters. The number of carbonyl (C=O) groups is 1. The van der Waals surface area contributed by atoms with Crippen LogP contribution in [0.15, 0.2) is 35.1 Å². The smallest absolute Gasteiger partial charge is 0.276 e. The Morgan fingerprint density at radius 3 is 2.67 bits per heavy atom. The Labute approximate surface area is 158 Å². The molecule has 0 saturated carbocycles. The van der Waals surface area contributed by atoms with Crippen molar-refractivity contribution < 1.29 is 13.6 Å². The van der Waals surface area contributed by atoms with Gasteiger partial charge in [-0.1, -0.05) is 19.1 Å². The number of halogens is 1. The second kappa shape index (κ2) is 6.44. The molecule has 4 fully saturated rings. The summed E-state index contributed by atoms with van der Waals surface area (Å²) in [6.07, 6.45) is 4.30. The lowest BCUT2D eigenvalue weighted by atomic mass is 9.75. The topological polar surface area (TPSA) is 49.6 Å². The van der Waals surface area contributed by atoms with Crippen molar-refractivity contribution in [1.29, 1.82) is 0 Å². The molecule has 0 N–H and O–H groups in total. The first-order valence-corrected chi connectivity index (χ1v) is 9.90. The number of aryl methyl sites for hydroxylation is 1. The maximum atomic E-state index is 13.4. The van der Waals surface area contributed by atoms with Gasteiger partial charge >= 0.3 is 0 Å². The summed E-state index contributed by atoms with van der Waals surface area (Å²) in [5.74, 6) is 1.16. The van der Waals surface area contributed by atoms with Crippen molar-refractivity contribution >= 4 is 5.91 Å². The zero-order chi connectivity index (χ0) is 18.5. The first-order chi connectivity index (χ1) is 13.2.